The molecule has 2 aromatic carbocycles. The molecule has 8 heteroatoms. The summed E-state index contributed by atoms with van der Waals surface area (Å²) in [4.78, 5) is 26.1. The first kappa shape index (κ1) is 18.3. The zero-order chi connectivity index (χ0) is 18.9. The Balaban J connectivity index is 1.80. The van der Waals surface area contributed by atoms with Gasteiger partial charge in [0.15, 0.2) is 0 Å². The number of rotatable bonds is 3. The number of alkyl halides is 3. The lowest BCUT2D eigenvalue weighted by Crippen LogP contribution is -2.41. The van der Waals surface area contributed by atoms with Crippen molar-refractivity contribution in [2.75, 3.05) is 10.2 Å². The van der Waals surface area contributed by atoms with E-state index in [1.807, 2.05) is 0 Å². The quantitative estimate of drug-likeness (QED) is 0.850. The summed E-state index contributed by atoms with van der Waals surface area (Å²) in [7, 11) is 0. The lowest BCUT2D eigenvalue weighted by Gasteiger charge is -2.24. The minimum absolute atomic E-state index is 0.0280. The smallest absolute Gasteiger partial charge is 0.324 e. The van der Waals surface area contributed by atoms with Gasteiger partial charge >= 0.3 is 6.18 Å². The second kappa shape index (κ2) is 6.99. The Morgan fingerprint density at radius 2 is 1.85 bits per heavy atom. The van der Waals surface area contributed by atoms with Gasteiger partial charge in [-0.15, -0.1) is 0 Å². The maximum Gasteiger partial charge on any atom is 0.416 e. The van der Waals surface area contributed by atoms with Crippen LogP contribution in [0.4, 0.5) is 24.5 Å². The van der Waals surface area contributed by atoms with E-state index >= 15 is 0 Å². The molecule has 0 bridgehead atoms. The minimum Gasteiger partial charge on any atom is -0.324 e. The third-order valence-corrected chi connectivity index (χ3v) is 4.33. The van der Waals surface area contributed by atoms with Crippen LogP contribution in [0, 0.1) is 0 Å². The third kappa shape index (κ3) is 3.83. The van der Waals surface area contributed by atoms with Crippen LogP contribution in [0.1, 0.15) is 18.4 Å². The number of benzene rings is 2. The van der Waals surface area contributed by atoms with Gasteiger partial charge in [-0.3, -0.25) is 14.5 Å². The molecule has 1 atom stereocenters. The molecule has 136 valence electrons. The minimum atomic E-state index is -4.50. The van der Waals surface area contributed by atoms with Crippen LogP contribution in [0.15, 0.2) is 48.5 Å². The summed E-state index contributed by atoms with van der Waals surface area (Å²) >= 11 is 5.84. The van der Waals surface area contributed by atoms with Crippen LogP contribution in [0.3, 0.4) is 0 Å². The number of carbonyl (C=O) groups excluding carboxylic acids is 2. The van der Waals surface area contributed by atoms with Crippen molar-refractivity contribution < 1.29 is 22.8 Å². The largest absolute Gasteiger partial charge is 0.416 e. The van der Waals surface area contributed by atoms with E-state index in [-0.39, 0.29) is 24.4 Å². The molecule has 2 aromatic rings. The highest BCUT2D eigenvalue weighted by molar-refractivity contribution is 6.30. The first-order chi connectivity index (χ1) is 12.3. The van der Waals surface area contributed by atoms with Crippen molar-refractivity contribution in [3.8, 4) is 0 Å². The van der Waals surface area contributed by atoms with Crippen LogP contribution >= 0.6 is 11.6 Å². The average Bonchev–Trinajstić information content (AvgIpc) is 2.97. The van der Waals surface area contributed by atoms with Gasteiger partial charge in [0.2, 0.25) is 11.8 Å². The van der Waals surface area contributed by atoms with Crippen LogP contribution in [0.2, 0.25) is 5.02 Å². The van der Waals surface area contributed by atoms with E-state index in [9.17, 15) is 22.8 Å². The van der Waals surface area contributed by atoms with Gasteiger partial charge in [0.05, 0.1) is 5.56 Å². The van der Waals surface area contributed by atoms with Gasteiger partial charge in [-0.2, -0.15) is 13.2 Å². The Labute approximate surface area is 152 Å². The Hall–Kier alpha value is -2.54. The molecule has 1 N–H and O–H groups in total. The van der Waals surface area contributed by atoms with Crippen LogP contribution in [0.5, 0.6) is 0 Å². The molecule has 0 saturated carbocycles. The molecule has 0 radical (unpaired) electrons. The monoisotopic (exact) mass is 382 g/mol. The summed E-state index contributed by atoms with van der Waals surface area (Å²) in [5.74, 6) is -0.762. The number of hydrogen-bond donors (Lipinski definition) is 1. The summed E-state index contributed by atoms with van der Waals surface area (Å²) < 4.78 is 38.4. The summed E-state index contributed by atoms with van der Waals surface area (Å²) in [6.07, 6.45) is -4.03. The molecule has 1 aliphatic rings. The maximum absolute atomic E-state index is 12.8. The Morgan fingerprint density at radius 3 is 2.50 bits per heavy atom. The first-order valence-electron chi connectivity index (χ1n) is 7.81. The number of amides is 2. The number of halogens is 4. The number of hydrogen-bond acceptors (Lipinski definition) is 2. The summed E-state index contributed by atoms with van der Waals surface area (Å²) in [6.45, 7) is 0. The van der Waals surface area contributed by atoms with E-state index in [0.717, 1.165) is 12.1 Å². The predicted molar refractivity (Wildman–Crippen MR) is 92.0 cm³/mol. The molecular weight excluding hydrogens is 369 g/mol. The van der Waals surface area contributed by atoms with Gasteiger partial charge < -0.3 is 5.32 Å². The Kier molecular flexibility index (Phi) is 4.91. The van der Waals surface area contributed by atoms with Gasteiger partial charge in [-0.1, -0.05) is 17.7 Å². The number of nitrogens with one attached hydrogen (secondary N) is 1. The highest BCUT2D eigenvalue weighted by Crippen LogP contribution is 2.32. The van der Waals surface area contributed by atoms with Crippen molar-refractivity contribution in [1.82, 2.24) is 0 Å². The summed E-state index contributed by atoms with van der Waals surface area (Å²) in [5, 5.41) is 2.96. The highest BCUT2D eigenvalue weighted by atomic mass is 35.5. The molecule has 0 aliphatic carbocycles. The van der Waals surface area contributed by atoms with Gasteiger partial charge in [0.1, 0.15) is 6.04 Å². The van der Waals surface area contributed by atoms with Crippen LogP contribution in [-0.4, -0.2) is 17.9 Å². The molecule has 4 nitrogen and oxygen atoms in total. The van der Waals surface area contributed by atoms with E-state index in [1.165, 1.54) is 17.0 Å². The molecule has 26 heavy (non-hydrogen) atoms. The Morgan fingerprint density at radius 1 is 1.15 bits per heavy atom. The SMILES string of the molecule is O=C(Nc1cccc(C(F)(F)F)c1)C1CCC(=O)N1c1ccc(Cl)cc1. The fourth-order valence-corrected chi connectivity index (χ4v) is 2.98. The zero-order valence-corrected chi connectivity index (χ0v) is 14.1. The van der Waals surface area contributed by atoms with Crippen LogP contribution in [-0.2, 0) is 15.8 Å². The standard InChI is InChI=1S/C18H14ClF3N2O2/c19-12-4-6-14(7-5-12)24-15(8-9-16(24)25)17(26)23-13-3-1-2-11(10-13)18(20,21)22/h1-7,10,15H,8-9H2,(H,23,26). The highest BCUT2D eigenvalue weighted by Gasteiger charge is 2.37. The number of anilines is 2. The molecule has 0 spiro atoms. The fraction of sp³-hybridized carbons (Fsp3) is 0.222. The van der Waals surface area contributed by atoms with Crippen molar-refractivity contribution in [2.45, 2.75) is 25.1 Å². The van der Waals surface area contributed by atoms with Gasteiger partial charge in [0.25, 0.3) is 0 Å². The predicted octanol–water partition coefficient (Wildman–Crippen LogP) is 4.49. The van der Waals surface area contributed by atoms with Crippen molar-refractivity contribution in [3.63, 3.8) is 0 Å². The molecule has 1 fully saturated rings. The number of carbonyl (C=O) groups is 2. The van der Waals surface area contributed by atoms with Crippen molar-refractivity contribution in [2.24, 2.45) is 0 Å². The third-order valence-electron chi connectivity index (χ3n) is 4.08. The van der Waals surface area contributed by atoms with E-state index in [1.54, 1.807) is 24.3 Å². The fourth-order valence-electron chi connectivity index (χ4n) is 2.86. The normalized spacial score (nSPS) is 17.5. The Bertz CT molecular complexity index is 837. The van der Waals surface area contributed by atoms with Crippen LogP contribution in [0.25, 0.3) is 0 Å². The second-order valence-corrected chi connectivity index (χ2v) is 6.30. The molecule has 1 unspecified atom stereocenters. The first-order valence-corrected chi connectivity index (χ1v) is 8.19. The molecular formula is C18H14ClF3N2O2. The van der Waals surface area contributed by atoms with Crippen LogP contribution < -0.4 is 10.2 Å². The lowest BCUT2D eigenvalue weighted by molar-refractivity contribution is -0.137. The molecule has 0 aromatic heterocycles. The van der Waals surface area contributed by atoms with E-state index in [0.29, 0.717) is 10.7 Å². The number of nitrogens with zero attached hydrogens (tertiary/aromatic N) is 1. The lowest BCUT2D eigenvalue weighted by atomic mass is 10.1. The molecule has 1 aliphatic heterocycles. The average molecular weight is 383 g/mol. The van der Waals surface area contributed by atoms with E-state index in [4.69, 9.17) is 11.6 Å². The van der Waals surface area contributed by atoms with Gasteiger partial charge in [-0.25, -0.2) is 0 Å². The topological polar surface area (TPSA) is 49.4 Å². The summed E-state index contributed by atoms with van der Waals surface area (Å²) in [6, 6.07) is 10.0. The van der Waals surface area contributed by atoms with E-state index in [2.05, 4.69) is 5.32 Å². The molecule has 1 heterocycles. The van der Waals surface area contributed by atoms with Crippen molar-refractivity contribution in [1.29, 1.82) is 0 Å². The van der Waals surface area contributed by atoms with Crippen molar-refractivity contribution in [3.05, 3.63) is 59.1 Å². The van der Waals surface area contributed by atoms with Gasteiger partial charge in [0, 0.05) is 22.8 Å². The molecule has 3 rings (SSSR count). The maximum atomic E-state index is 12.8. The molecule has 2 amide bonds. The van der Waals surface area contributed by atoms with Gasteiger partial charge in [-0.05, 0) is 48.9 Å². The van der Waals surface area contributed by atoms with E-state index < -0.39 is 23.7 Å². The molecule has 1 saturated heterocycles. The zero-order valence-electron chi connectivity index (χ0n) is 13.4. The summed E-state index contributed by atoms with van der Waals surface area (Å²) in [5.41, 5.74) is -0.311. The van der Waals surface area contributed by atoms with Crippen molar-refractivity contribution >= 4 is 34.8 Å². The second-order valence-electron chi connectivity index (χ2n) is 5.86.